The fraction of sp³-hybridized carbons (Fsp3) is 0.214. The summed E-state index contributed by atoms with van der Waals surface area (Å²) in [5, 5.41) is 4.77. The van der Waals surface area contributed by atoms with Crippen molar-refractivity contribution in [2.45, 2.75) is 19.6 Å². The smallest absolute Gasteiger partial charge is 0.379 e. The van der Waals surface area contributed by atoms with Crippen molar-refractivity contribution in [2.75, 3.05) is 5.32 Å². The maximum atomic E-state index is 12.9. The molecular weight excluding hydrogens is 299 g/mol. The zero-order chi connectivity index (χ0) is 15.0. The van der Waals surface area contributed by atoms with Gasteiger partial charge in [0.05, 0.1) is 23.5 Å². The van der Waals surface area contributed by atoms with Gasteiger partial charge in [0.2, 0.25) is 0 Å². The summed E-state index contributed by atoms with van der Waals surface area (Å²) in [5.41, 5.74) is 1.10. The minimum absolute atomic E-state index is 0.0783. The van der Waals surface area contributed by atoms with E-state index in [1.54, 1.807) is 6.07 Å². The lowest BCUT2D eigenvalue weighted by Gasteiger charge is -2.14. The van der Waals surface area contributed by atoms with E-state index in [1.807, 2.05) is 22.9 Å². The molecule has 0 bridgehead atoms. The third-order valence-electron chi connectivity index (χ3n) is 3.24. The monoisotopic (exact) mass is 311 g/mol. The SMILES string of the molecule is Cc1nc2sccn2c1CNc1ccccc1C(F)(F)F. The van der Waals surface area contributed by atoms with Crippen LogP contribution >= 0.6 is 11.3 Å². The van der Waals surface area contributed by atoms with E-state index in [-0.39, 0.29) is 12.2 Å². The second kappa shape index (κ2) is 5.07. The Morgan fingerprint density at radius 2 is 2.05 bits per heavy atom. The summed E-state index contributed by atoms with van der Waals surface area (Å²) in [7, 11) is 0. The molecule has 110 valence electrons. The maximum Gasteiger partial charge on any atom is 0.418 e. The minimum atomic E-state index is -4.37. The molecule has 7 heteroatoms. The largest absolute Gasteiger partial charge is 0.418 e. The molecule has 0 unspecified atom stereocenters. The van der Waals surface area contributed by atoms with Gasteiger partial charge in [0.15, 0.2) is 4.96 Å². The van der Waals surface area contributed by atoms with Gasteiger partial charge in [-0.25, -0.2) is 4.98 Å². The van der Waals surface area contributed by atoms with Gasteiger partial charge in [0.1, 0.15) is 0 Å². The molecule has 3 nitrogen and oxygen atoms in total. The maximum absolute atomic E-state index is 12.9. The summed E-state index contributed by atoms with van der Waals surface area (Å²) in [6.45, 7) is 2.14. The number of alkyl halides is 3. The molecule has 0 saturated carbocycles. The van der Waals surface area contributed by atoms with Crippen molar-refractivity contribution in [3.05, 3.63) is 52.8 Å². The number of para-hydroxylation sites is 1. The number of imidazole rings is 1. The summed E-state index contributed by atoms with van der Waals surface area (Å²) in [6, 6.07) is 5.48. The molecule has 0 aliphatic carbocycles. The van der Waals surface area contributed by atoms with Gasteiger partial charge >= 0.3 is 6.18 Å². The second-order valence-electron chi connectivity index (χ2n) is 4.60. The molecule has 0 fully saturated rings. The average Bonchev–Trinajstić information content (AvgIpc) is 2.96. The van der Waals surface area contributed by atoms with Gasteiger partial charge in [-0.3, -0.25) is 4.40 Å². The van der Waals surface area contributed by atoms with E-state index in [9.17, 15) is 13.2 Å². The molecule has 0 saturated heterocycles. The molecule has 21 heavy (non-hydrogen) atoms. The zero-order valence-corrected chi connectivity index (χ0v) is 11.9. The molecule has 0 amide bonds. The molecule has 0 aliphatic heterocycles. The molecule has 0 radical (unpaired) electrons. The minimum Gasteiger partial charge on any atom is -0.379 e. The van der Waals surface area contributed by atoms with Crippen LogP contribution in [0, 0.1) is 6.92 Å². The first-order valence-electron chi connectivity index (χ1n) is 6.28. The van der Waals surface area contributed by atoms with Crippen LogP contribution in [-0.2, 0) is 12.7 Å². The highest BCUT2D eigenvalue weighted by Gasteiger charge is 2.33. The van der Waals surface area contributed by atoms with Crippen LogP contribution in [0.15, 0.2) is 35.8 Å². The van der Waals surface area contributed by atoms with E-state index < -0.39 is 11.7 Å². The molecule has 0 aliphatic rings. The summed E-state index contributed by atoms with van der Waals surface area (Å²) >= 11 is 1.50. The van der Waals surface area contributed by atoms with Crippen molar-refractivity contribution >= 4 is 22.0 Å². The zero-order valence-electron chi connectivity index (χ0n) is 11.1. The molecule has 0 spiro atoms. The highest BCUT2D eigenvalue weighted by Crippen LogP contribution is 2.34. The number of nitrogens with zero attached hydrogens (tertiary/aromatic N) is 2. The van der Waals surface area contributed by atoms with Crippen molar-refractivity contribution in [1.29, 1.82) is 0 Å². The standard InChI is InChI=1S/C14H12F3N3S/c1-9-12(20-6-7-21-13(20)19-9)8-18-11-5-3-2-4-10(11)14(15,16)17/h2-7,18H,8H2,1H3. The van der Waals surface area contributed by atoms with Gasteiger partial charge in [0, 0.05) is 17.3 Å². The fourth-order valence-corrected chi connectivity index (χ4v) is 3.00. The lowest BCUT2D eigenvalue weighted by atomic mass is 10.1. The number of rotatable bonds is 3. The first kappa shape index (κ1) is 13.9. The molecule has 2 aromatic heterocycles. The molecule has 1 aromatic carbocycles. The van der Waals surface area contributed by atoms with Crippen molar-refractivity contribution in [1.82, 2.24) is 9.38 Å². The highest BCUT2D eigenvalue weighted by atomic mass is 32.1. The third kappa shape index (κ3) is 2.61. The molecular formula is C14H12F3N3S. The van der Waals surface area contributed by atoms with E-state index in [0.717, 1.165) is 22.4 Å². The van der Waals surface area contributed by atoms with Crippen LogP contribution in [0.5, 0.6) is 0 Å². The van der Waals surface area contributed by atoms with Gasteiger partial charge in [-0.05, 0) is 19.1 Å². The number of hydrogen-bond acceptors (Lipinski definition) is 3. The Balaban J connectivity index is 1.89. The molecule has 3 aromatic rings. The average molecular weight is 311 g/mol. The number of nitrogens with one attached hydrogen (secondary N) is 1. The topological polar surface area (TPSA) is 29.3 Å². The van der Waals surface area contributed by atoms with Gasteiger partial charge in [-0.2, -0.15) is 13.2 Å². The number of halogens is 3. The Kier molecular flexibility index (Phi) is 3.36. The van der Waals surface area contributed by atoms with Gasteiger partial charge in [-0.1, -0.05) is 12.1 Å². The Morgan fingerprint density at radius 1 is 1.29 bits per heavy atom. The lowest BCUT2D eigenvalue weighted by Crippen LogP contribution is -2.11. The summed E-state index contributed by atoms with van der Waals surface area (Å²) in [5.74, 6) is 0. The first-order chi connectivity index (χ1) is 9.97. The Bertz CT molecular complexity index is 773. The number of thiazole rings is 1. The van der Waals surface area contributed by atoms with Crippen LogP contribution in [0.1, 0.15) is 17.0 Å². The predicted octanol–water partition coefficient (Wildman–Crippen LogP) is 4.34. The van der Waals surface area contributed by atoms with E-state index in [4.69, 9.17) is 0 Å². The van der Waals surface area contributed by atoms with E-state index >= 15 is 0 Å². The van der Waals surface area contributed by atoms with Crippen LogP contribution in [0.2, 0.25) is 0 Å². The van der Waals surface area contributed by atoms with Crippen LogP contribution in [0.4, 0.5) is 18.9 Å². The van der Waals surface area contributed by atoms with Crippen LogP contribution in [0.25, 0.3) is 4.96 Å². The predicted molar refractivity (Wildman–Crippen MR) is 76.6 cm³/mol. The molecule has 1 N–H and O–H groups in total. The third-order valence-corrected chi connectivity index (χ3v) is 4.00. The number of benzene rings is 1. The van der Waals surface area contributed by atoms with Crippen molar-refractivity contribution < 1.29 is 13.2 Å². The molecule has 3 rings (SSSR count). The quantitative estimate of drug-likeness (QED) is 0.780. The van der Waals surface area contributed by atoms with Crippen LogP contribution in [0.3, 0.4) is 0 Å². The van der Waals surface area contributed by atoms with Crippen molar-refractivity contribution in [2.24, 2.45) is 0 Å². The van der Waals surface area contributed by atoms with Crippen LogP contribution < -0.4 is 5.32 Å². The summed E-state index contributed by atoms with van der Waals surface area (Å²) in [6.07, 6.45) is -2.50. The van der Waals surface area contributed by atoms with Gasteiger partial charge < -0.3 is 5.32 Å². The number of hydrogen-bond donors (Lipinski definition) is 1. The molecule has 2 heterocycles. The number of aryl methyl sites for hydroxylation is 1. The molecule has 0 atom stereocenters. The second-order valence-corrected chi connectivity index (χ2v) is 5.47. The van der Waals surface area contributed by atoms with E-state index in [0.29, 0.717) is 0 Å². The van der Waals surface area contributed by atoms with Gasteiger partial charge in [0.25, 0.3) is 0 Å². The Labute approximate surface area is 123 Å². The summed E-state index contributed by atoms with van der Waals surface area (Å²) in [4.78, 5) is 5.22. The Morgan fingerprint density at radius 3 is 2.81 bits per heavy atom. The number of anilines is 1. The highest BCUT2D eigenvalue weighted by molar-refractivity contribution is 7.15. The van der Waals surface area contributed by atoms with E-state index in [1.165, 1.54) is 23.5 Å². The Hall–Kier alpha value is -2.02. The van der Waals surface area contributed by atoms with E-state index in [2.05, 4.69) is 10.3 Å². The summed E-state index contributed by atoms with van der Waals surface area (Å²) < 4.78 is 40.7. The van der Waals surface area contributed by atoms with Crippen LogP contribution in [-0.4, -0.2) is 9.38 Å². The number of aromatic nitrogens is 2. The first-order valence-corrected chi connectivity index (χ1v) is 7.16. The van der Waals surface area contributed by atoms with Crippen molar-refractivity contribution in [3.8, 4) is 0 Å². The lowest BCUT2D eigenvalue weighted by molar-refractivity contribution is -0.136. The van der Waals surface area contributed by atoms with Gasteiger partial charge in [-0.15, -0.1) is 11.3 Å². The van der Waals surface area contributed by atoms with Crippen molar-refractivity contribution in [3.63, 3.8) is 0 Å². The fourth-order valence-electron chi connectivity index (χ4n) is 2.22. The normalized spacial score (nSPS) is 12.0. The number of fused-ring (bicyclic) bond motifs is 1.